The fraction of sp³-hybridized carbons (Fsp3) is 0.412. The molecule has 0 aliphatic heterocycles. The Kier molecular flexibility index (Phi) is 3.34. The topological polar surface area (TPSA) is 9.23 Å². The van der Waals surface area contributed by atoms with E-state index in [2.05, 4.69) is 64.1 Å². The second kappa shape index (κ2) is 4.64. The maximum absolute atomic E-state index is 5.63. The molecular formula is C17H22O. The summed E-state index contributed by atoms with van der Waals surface area (Å²) in [4.78, 5) is 0. The predicted octanol–water partition coefficient (Wildman–Crippen LogP) is 4.33. The van der Waals surface area contributed by atoms with Gasteiger partial charge in [0.25, 0.3) is 0 Å². The van der Waals surface area contributed by atoms with Gasteiger partial charge in [-0.15, -0.1) is 0 Å². The van der Waals surface area contributed by atoms with Crippen LogP contribution < -0.4 is 4.74 Å². The Morgan fingerprint density at radius 3 is 2.22 bits per heavy atom. The van der Waals surface area contributed by atoms with Crippen LogP contribution in [0.1, 0.15) is 30.5 Å². The molecule has 0 saturated carbocycles. The van der Waals surface area contributed by atoms with E-state index < -0.39 is 0 Å². The number of benzene rings is 1. The lowest BCUT2D eigenvalue weighted by Crippen LogP contribution is -2.26. The van der Waals surface area contributed by atoms with Crippen molar-refractivity contribution in [2.45, 2.75) is 33.1 Å². The second-order valence-electron chi connectivity index (χ2n) is 5.68. The van der Waals surface area contributed by atoms with Crippen molar-refractivity contribution in [2.75, 3.05) is 7.11 Å². The number of hydrogen-bond acceptors (Lipinski definition) is 1. The number of allylic oxidation sites excluding steroid dienone is 4. The molecule has 0 heterocycles. The molecule has 0 radical (unpaired) electrons. The first-order valence-corrected chi connectivity index (χ1v) is 6.47. The van der Waals surface area contributed by atoms with Crippen LogP contribution in [0.5, 0.6) is 5.75 Å². The smallest absolute Gasteiger partial charge is 0.125 e. The van der Waals surface area contributed by atoms with Crippen molar-refractivity contribution in [3.8, 4) is 5.75 Å². The molecule has 18 heavy (non-hydrogen) atoms. The second-order valence-corrected chi connectivity index (χ2v) is 5.68. The average Bonchev–Trinajstić information content (AvgIpc) is 2.82. The van der Waals surface area contributed by atoms with E-state index in [4.69, 9.17) is 4.74 Å². The zero-order valence-electron chi connectivity index (χ0n) is 11.9. The quantitative estimate of drug-likeness (QED) is 0.766. The fourth-order valence-corrected chi connectivity index (χ4v) is 2.80. The van der Waals surface area contributed by atoms with E-state index in [1.165, 1.54) is 16.7 Å². The Morgan fingerprint density at radius 2 is 1.67 bits per heavy atom. The van der Waals surface area contributed by atoms with Crippen LogP contribution in [-0.4, -0.2) is 7.11 Å². The summed E-state index contributed by atoms with van der Waals surface area (Å²) in [5.41, 5.74) is 3.85. The molecule has 96 valence electrons. The first kappa shape index (κ1) is 12.9. The van der Waals surface area contributed by atoms with E-state index in [9.17, 15) is 0 Å². The highest BCUT2D eigenvalue weighted by atomic mass is 16.5. The minimum absolute atomic E-state index is 0.0472. The molecule has 1 nitrogen and oxygen atoms in total. The molecule has 0 spiro atoms. The van der Waals surface area contributed by atoms with E-state index in [0.29, 0.717) is 5.92 Å². The van der Waals surface area contributed by atoms with E-state index in [1.54, 1.807) is 7.11 Å². The van der Waals surface area contributed by atoms with Crippen LogP contribution in [0.4, 0.5) is 0 Å². The number of hydrogen-bond donors (Lipinski definition) is 0. The normalized spacial score (nSPS) is 15.4. The summed E-state index contributed by atoms with van der Waals surface area (Å²) < 4.78 is 5.63. The van der Waals surface area contributed by atoms with Crippen LogP contribution in [0.3, 0.4) is 0 Å². The summed E-state index contributed by atoms with van der Waals surface area (Å²) >= 11 is 0. The van der Waals surface area contributed by atoms with Crippen molar-refractivity contribution in [3.05, 3.63) is 53.1 Å². The van der Waals surface area contributed by atoms with Gasteiger partial charge < -0.3 is 4.74 Å². The third kappa shape index (κ3) is 2.10. The Hall–Kier alpha value is -1.50. The third-order valence-corrected chi connectivity index (χ3v) is 3.90. The molecule has 1 aliphatic carbocycles. The zero-order chi connectivity index (χ0) is 13.3. The monoisotopic (exact) mass is 242 g/mol. The molecule has 1 heteroatoms. The summed E-state index contributed by atoms with van der Waals surface area (Å²) in [5, 5.41) is 0. The maximum atomic E-state index is 5.63. The van der Waals surface area contributed by atoms with Crippen molar-refractivity contribution in [3.63, 3.8) is 0 Å². The van der Waals surface area contributed by atoms with E-state index >= 15 is 0 Å². The first-order chi connectivity index (χ1) is 8.46. The molecule has 0 atom stereocenters. The average molecular weight is 242 g/mol. The van der Waals surface area contributed by atoms with Gasteiger partial charge in [0.15, 0.2) is 0 Å². The van der Waals surface area contributed by atoms with Gasteiger partial charge in [0.05, 0.1) is 7.11 Å². The third-order valence-electron chi connectivity index (χ3n) is 3.90. The highest BCUT2D eigenvalue weighted by molar-refractivity contribution is 5.49. The van der Waals surface area contributed by atoms with Crippen LogP contribution >= 0.6 is 0 Å². The molecule has 1 aliphatic rings. The molecule has 0 saturated heterocycles. The SMILES string of the molecule is COc1c(C)cc(C)cc1C(C)(C)C1C=CC=C1. The lowest BCUT2D eigenvalue weighted by Gasteiger charge is -2.32. The van der Waals surface area contributed by atoms with E-state index in [1.807, 2.05) is 0 Å². The van der Waals surface area contributed by atoms with Gasteiger partial charge in [-0.05, 0) is 19.4 Å². The van der Waals surface area contributed by atoms with Crippen LogP contribution in [0.2, 0.25) is 0 Å². The Morgan fingerprint density at radius 1 is 1.06 bits per heavy atom. The van der Waals surface area contributed by atoms with Crippen LogP contribution in [0, 0.1) is 19.8 Å². The van der Waals surface area contributed by atoms with Crippen LogP contribution in [-0.2, 0) is 5.41 Å². The molecule has 0 aromatic heterocycles. The summed E-state index contributed by atoms with van der Waals surface area (Å²) in [6.45, 7) is 8.83. The lowest BCUT2D eigenvalue weighted by atomic mass is 9.73. The van der Waals surface area contributed by atoms with Crippen molar-refractivity contribution in [2.24, 2.45) is 5.92 Å². The molecule has 0 unspecified atom stereocenters. The molecule has 0 amide bonds. The molecule has 1 aromatic rings. The minimum atomic E-state index is 0.0472. The molecule has 1 aromatic carbocycles. The summed E-state index contributed by atoms with van der Waals surface area (Å²) in [6.07, 6.45) is 8.78. The number of rotatable bonds is 3. The van der Waals surface area contributed by atoms with Crippen molar-refractivity contribution >= 4 is 0 Å². The minimum Gasteiger partial charge on any atom is -0.496 e. The van der Waals surface area contributed by atoms with Crippen LogP contribution in [0.15, 0.2) is 36.4 Å². The van der Waals surface area contributed by atoms with Crippen LogP contribution in [0.25, 0.3) is 0 Å². The van der Waals surface area contributed by atoms with Gasteiger partial charge in [0.2, 0.25) is 0 Å². The molecule has 0 N–H and O–H groups in total. The number of methoxy groups -OCH3 is 1. The highest BCUT2D eigenvalue weighted by Gasteiger charge is 2.32. The standard InChI is InChI=1S/C17H22O/c1-12-10-13(2)16(18-5)15(11-12)17(3,4)14-8-6-7-9-14/h6-11,14H,1-5H3. The Bertz CT molecular complexity index is 495. The van der Waals surface area contributed by atoms with Gasteiger partial charge in [-0.1, -0.05) is 55.8 Å². The highest BCUT2D eigenvalue weighted by Crippen LogP contribution is 2.41. The van der Waals surface area contributed by atoms with Gasteiger partial charge in [-0.2, -0.15) is 0 Å². The maximum Gasteiger partial charge on any atom is 0.125 e. The summed E-state index contributed by atoms with van der Waals surface area (Å²) in [7, 11) is 1.76. The lowest BCUT2D eigenvalue weighted by molar-refractivity contribution is 0.373. The van der Waals surface area contributed by atoms with E-state index in [0.717, 1.165) is 5.75 Å². The van der Waals surface area contributed by atoms with Crippen molar-refractivity contribution < 1.29 is 4.74 Å². The largest absolute Gasteiger partial charge is 0.496 e. The summed E-state index contributed by atoms with van der Waals surface area (Å²) in [5.74, 6) is 1.46. The van der Waals surface area contributed by atoms with Gasteiger partial charge in [-0.25, -0.2) is 0 Å². The van der Waals surface area contributed by atoms with Gasteiger partial charge in [-0.3, -0.25) is 0 Å². The molecular weight excluding hydrogens is 220 g/mol. The van der Waals surface area contributed by atoms with Crippen molar-refractivity contribution in [1.29, 1.82) is 0 Å². The number of aryl methyl sites for hydroxylation is 2. The van der Waals surface area contributed by atoms with Crippen molar-refractivity contribution in [1.82, 2.24) is 0 Å². The molecule has 2 rings (SSSR count). The zero-order valence-corrected chi connectivity index (χ0v) is 11.9. The predicted molar refractivity (Wildman–Crippen MR) is 77.3 cm³/mol. The fourth-order valence-electron chi connectivity index (χ4n) is 2.80. The molecule has 0 bridgehead atoms. The van der Waals surface area contributed by atoms with Gasteiger partial charge >= 0.3 is 0 Å². The Labute approximate surface area is 110 Å². The summed E-state index contributed by atoms with van der Waals surface area (Å²) in [6, 6.07) is 4.44. The first-order valence-electron chi connectivity index (χ1n) is 6.47. The number of ether oxygens (including phenoxy) is 1. The molecule has 0 fully saturated rings. The van der Waals surface area contributed by atoms with Gasteiger partial charge in [0, 0.05) is 16.9 Å². The van der Waals surface area contributed by atoms with E-state index in [-0.39, 0.29) is 5.41 Å². The Balaban J connectivity index is 2.55. The van der Waals surface area contributed by atoms with Gasteiger partial charge in [0.1, 0.15) is 5.75 Å².